The molecule has 2 aliphatic rings. The molecular weight excluding hydrogens is 200 g/mol. The fraction of sp³-hybridized carbons (Fsp3) is 0.500. The van der Waals surface area contributed by atoms with Crippen LogP contribution in [0.25, 0.3) is 0 Å². The average Bonchev–Trinajstić information content (AvgIpc) is 2.38. The van der Waals surface area contributed by atoms with Crippen LogP contribution in [0.5, 0.6) is 0 Å². The van der Waals surface area contributed by atoms with Crippen LogP contribution in [-0.4, -0.2) is 35.7 Å². The van der Waals surface area contributed by atoms with Crippen LogP contribution < -0.4 is 0 Å². The van der Waals surface area contributed by atoms with Gasteiger partial charge in [-0.25, -0.2) is 9.98 Å². The number of fused-ring (bicyclic) bond motifs is 1. The van der Waals surface area contributed by atoms with Crippen LogP contribution in [-0.2, 0) is 0 Å². The van der Waals surface area contributed by atoms with Gasteiger partial charge < -0.3 is 0 Å². The maximum atomic E-state index is 4.47. The van der Waals surface area contributed by atoms with E-state index in [1.54, 1.807) is 6.34 Å². The standard InChI is InChI=1S/C12H16N4/c1-11(2)5-9-6-15-12(3,4)7-13-10(9)14-8-16-11/h5-8H,1-4H3. The summed E-state index contributed by atoms with van der Waals surface area (Å²) in [5.74, 6) is 0.684. The van der Waals surface area contributed by atoms with E-state index in [9.17, 15) is 0 Å². The molecule has 0 aromatic carbocycles. The second-order valence-electron chi connectivity index (χ2n) is 5.12. The largest absolute Gasteiger partial charge is 0.281 e. The van der Waals surface area contributed by atoms with Crippen molar-refractivity contribution in [1.82, 2.24) is 0 Å². The van der Waals surface area contributed by atoms with Crippen molar-refractivity contribution in [2.75, 3.05) is 0 Å². The van der Waals surface area contributed by atoms with E-state index in [1.165, 1.54) is 0 Å². The molecule has 0 aliphatic carbocycles. The maximum Gasteiger partial charge on any atom is 0.161 e. The van der Waals surface area contributed by atoms with Crippen molar-refractivity contribution in [3.63, 3.8) is 0 Å². The Labute approximate surface area is 95.6 Å². The van der Waals surface area contributed by atoms with Gasteiger partial charge in [-0.15, -0.1) is 0 Å². The van der Waals surface area contributed by atoms with Gasteiger partial charge >= 0.3 is 0 Å². The van der Waals surface area contributed by atoms with Crippen molar-refractivity contribution in [3.8, 4) is 0 Å². The Morgan fingerprint density at radius 2 is 1.75 bits per heavy atom. The smallest absolute Gasteiger partial charge is 0.161 e. The molecular formula is C12H16N4. The highest BCUT2D eigenvalue weighted by atomic mass is 15.0. The average molecular weight is 216 g/mol. The molecule has 4 heteroatoms. The third kappa shape index (κ3) is 2.32. The van der Waals surface area contributed by atoms with Crippen molar-refractivity contribution < 1.29 is 0 Å². The zero-order valence-electron chi connectivity index (χ0n) is 10.1. The van der Waals surface area contributed by atoms with Crippen molar-refractivity contribution in [2.24, 2.45) is 20.0 Å². The Bertz CT molecular complexity index is 448. The number of hydrogen-bond donors (Lipinski definition) is 0. The molecule has 2 rings (SSSR count). The summed E-state index contributed by atoms with van der Waals surface area (Å²) in [4.78, 5) is 17.4. The summed E-state index contributed by atoms with van der Waals surface area (Å²) >= 11 is 0. The third-order valence-corrected chi connectivity index (χ3v) is 2.38. The fourth-order valence-electron chi connectivity index (χ4n) is 1.48. The Kier molecular flexibility index (Phi) is 2.37. The van der Waals surface area contributed by atoms with Gasteiger partial charge in [-0.05, 0) is 33.8 Å². The molecule has 0 saturated heterocycles. The first-order valence-electron chi connectivity index (χ1n) is 5.33. The van der Waals surface area contributed by atoms with E-state index in [0.29, 0.717) is 5.84 Å². The van der Waals surface area contributed by atoms with Gasteiger partial charge in [-0.1, -0.05) is 0 Å². The van der Waals surface area contributed by atoms with E-state index >= 15 is 0 Å². The van der Waals surface area contributed by atoms with Gasteiger partial charge in [0.25, 0.3) is 0 Å². The molecule has 2 aliphatic heterocycles. The van der Waals surface area contributed by atoms with E-state index < -0.39 is 0 Å². The first kappa shape index (κ1) is 10.9. The predicted octanol–water partition coefficient (Wildman–Crippen LogP) is 2.07. The first-order valence-corrected chi connectivity index (χ1v) is 5.33. The molecule has 0 unspecified atom stereocenters. The van der Waals surface area contributed by atoms with Crippen molar-refractivity contribution in [2.45, 2.75) is 38.8 Å². The normalized spacial score (nSPS) is 25.2. The van der Waals surface area contributed by atoms with Gasteiger partial charge in [-0.2, -0.15) is 0 Å². The molecule has 0 amide bonds. The van der Waals surface area contributed by atoms with Crippen molar-refractivity contribution >= 4 is 24.6 Å². The fourth-order valence-corrected chi connectivity index (χ4v) is 1.48. The highest BCUT2D eigenvalue weighted by molar-refractivity contribution is 6.20. The van der Waals surface area contributed by atoms with Crippen molar-refractivity contribution in [1.29, 1.82) is 0 Å². The molecule has 2 heterocycles. The zero-order valence-corrected chi connectivity index (χ0v) is 10.1. The highest BCUT2D eigenvalue weighted by Crippen LogP contribution is 2.19. The van der Waals surface area contributed by atoms with Gasteiger partial charge in [0.05, 0.1) is 11.1 Å². The van der Waals surface area contributed by atoms with Gasteiger partial charge in [0, 0.05) is 18.0 Å². The minimum absolute atomic E-state index is 0.253. The molecule has 0 saturated carbocycles. The number of aliphatic imine (C=N–C) groups is 4. The molecule has 0 fully saturated rings. The summed E-state index contributed by atoms with van der Waals surface area (Å²) in [5, 5.41) is 0. The molecule has 0 bridgehead atoms. The van der Waals surface area contributed by atoms with Crippen LogP contribution in [0.3, 0.4) is 0 Å². The summed E-state index contributed by atoms with van der Waals surface area (Å²) in [6.45, 7) is 8.09. The van der Waals surface area contributed by atoms with Gasteiger partial charge in [0.1, 0.15) is 6.34 Å². The van der Waals surface area contributed by atoms with Crippen LogP contribution in [0, 0.1) is 0 Å². The second kappa shape index (κ2) is 3.47. The number of amidine groups is 1. The summed E-state index contributed by atoms with van der Waals surface area (Å²) < 4.78 is 0. The van der Waals surface area contributed by atoms with E-state index in [1.807, 2.05) is 46.2 Å². The lowest BCUT2D eigenvalue weighted by atomic mass is 10.0. The molecule has 0 aromatic rings. The first-order chi connectivity index (χ1) is 7.38. The number of rotatable bonds is 0. The molecule has 16 heavy (non-hydrogen) atoms. The minimum atomic E-state index is -0.267. The molecule has 4 nitrogen and oxygen atoms in total. The number of nitrogens with zero attached hydrogens (tertiary/aromatic N) is 4. The summed E-state index contributed by atoms with van der Waals surface area (Å²) in [7, 11) is 0. The molecule has 0 N–H and O–H groups in total. The topological polar surface area (TPSA) is 49.4 Å². The Morgan fingerprint density at radius 1 is 1.00 bits per heavy atom. The molecule has 0 atom stereocenters. The van der Waals surface area contributed by atoms with E-state index in [-0.39, 0.29) is 11.1 Å². The highest BCUT2D eigenvalue weighted by Gasteiger charge is 2.21. The van der Waals surface area contributed by atoms with Crippen LogP contribution >= 0.6 is 0 Å². The number of hydrogen-bond acceptors (Lipinski definition) is 4. The Morgan fingerprint density at radius 3 is 2.50 bits per heavy atom. The minimum Gasteiger partial charge on any atom is -0.281 e. The zero-order chi connectivity index (χ0) is 11.8. The predicted molar refractivity (Wildman–Crippen MR) is 69.2 cm³/mol. The van der Waals surface area contributed by atoms with Gasteiger partial charge in [0.2, 0.25) is 0 Å². The lowest BCUT2D eigenvalue weighted by Crippen LogP contribution is -2.17. The molecule has 0 spiro atoms. The van der Waals surface area contributed by atoms with E-state index in [0.717, 1.165) is 5.57 Å². The molecule has 0 aromatic heterocycles. The Hall–Kier alpha value is -1.58. The van der Waals surface area contributed by atoms with Crippen LogP contribution in [0.1, 0.15) is 27.7 Å². The Balaban J connectivity index is 2.50. The van der Waals surface area contributed by atoms with E-state index in [4.69, 9.17) is 0 Å². The van der Waals surface area contributed by atoms with E-state index in [2.05, 4.69) is 20.0 Å². The monoisotopic (exact) mass is 216 g/mol. The van der Waals surface area contributed by atoms with Crippen molar-refractivity contribution in [3.05, 3.63) is 11.6 Å². The molecule has 0 radical (unpaired) electrons. The summed E-state index contributed by atoms with van der Waals surface area (Å²) in [5.41, 5.74) is 0.414. The maximum absolute atomic E-state index is 4.47. The quantitative estimate of drug-likeness (QED) is 0.595. The van der Waals surface area contributed by atoms with Crippen LogP contribution in [0.4, 0.5) is 0 Å². The summed E-state index contributed by atoms with van der Waals surface area (Å²) in [6.07, 6.45) is 7.26. The lowest BCUT2D eigenvalue weighted by molar-refractivity contribution is 0.660. The SMILES string of the molecule is CC1(C)C=NC2=NC=NC(C)(C)C=C2C=N1. The van der Waals surface area contributed by atoms with Gasteiger partial charge in [-0.3, -0.25) is 9.98 Å². The second-order valence-corrected chi connectivity index (χ2v) is 5.12. The lowest BCUT2D eigenvalue weighted by Gasteiger charge is -2.13. The summed E-state index contributed by atoms with van der Waals surface area (Å²) in [6, 6.07) is 0. The third-order valence-electron chi connectivity index (χ3n) is 2.38. The molecule has 84 valence electrons. The van der Waals surface area contributed by atoms with Crippen LogP contribution in [0.15, 0.2) is 31.6 Å². The van der Waals surface area contributed by atoms with Gasteiger partial charge in [0.15, 0.2) is 5.84 Å². The van der Waals surface area contributed by atoms with Crippen LogP contribution in [0.2, 0.25) is 0 Å².